The van der Waals surface area contributed by atoms with Crippen molar-refractivity contribution in [2.45, 2.75) is 32.1 Å². The Morgan fingerprint density at radius 2 is 1.52 bits per heavy atom. The second kappa shape index (κ2) is 11.4. The Morgan fingerprint density at radius 3 is 2.21 bits per heavy atom. The molecule has 0 atom stereocenters. The van der Waals surface area contributed by atoms with Crippen LogP contribution in [0.2, 0.25) is 0 Å². The number of methoxy groups -OCH3 is 2. The first kappa shape index (κ1) is 23.4. The van der Waals surface area contributed by atoms with Gasteiger partial charge in [-0.05, 0) is 37.1 Å². The van der Waals surface area contributed by atoms with Crippen molar-refractivity contribution < 1.29 is 14.3 Å². The number of rotatable bonds is 8. The average Bonchev–Trinajstić information content (AvgIpc) is 2.89. The topological polar surface area (TPSA) is 45.2 Å². The third kappa shape index (κ3) is 5.61. The van der Waals surface area contributed by atoms with Gasteiger partial charge in [0.2, 0.25) is 5.91 Å². The van der Waals surface area contributed by atoms with E-state index in [4.69, 9.17) is 9.47 Å². The van der Waals surface area contributed by atoms with E-state index in [9.17, 15) is 4.79 Å². The van der Waals surface area contributed by atoms with Crippen molar-refractivity contribution in [2.75, 3.05) is 63.3 Å². The zero-order valence-electron chi connectivity index (χ0n) is 20.0. The lowest BCUT2D eigenvalue weighted by Gasteiger charge is -2.38. The SMILES string of the molecule is COc1ccccc1N1CCN(CCN(C(=O)C2CCCCC2)c2ccccc2OC)CC1. The van der Waals surface area contributed by atoms with Crippen LogP contribution >= 0.6 is 0 Å². The Kier molecular flexibility index (Phi) is 8.10. The van der Waals surface area contributed by atoms with Crippen LogP contribution in [0.15, 0.2) is 48.5 Å². The molecule has 1 amide bonds. The first-order valence-electron chi connectivity index (χ1n) is 12.3. The predicted octanol–water partition coefficient (Wildman–Crippen LogP) is 4.44. The third-order valence-corrected chi connectivity index (χ3v) is 7.03. The highest BCUT2D eigenvalue weighted by Gasteiger charge is 2.29. The van der Waals surface area contributed by atoms with Crippen LogP contribution in [0.4, 0.5) is 11.4 Å². The number of hydrogen-bond acceptors (Lipinski definition) is 5. The number of carbonyl (C=O) groups is 1. The number of carbonyl (C=O) groups excluding carboxylic acids is 1. The van der Waals surface area contributed by atoms with E-state index in [2.05, 4.69) is 21.9 Å². The molecule has 1 aliphatic heterocycles. The zero-order valence-corrected chi connectivity index (χ0v) is 20.0. The number of para-hydroxylation sites is 4. The van der Waals surface area contributed by atoms with Crippen LogP contribution in [0.5, 0.6) is 11.5 Å². The number of nitrogens with zero attached hydrogens (tertiary/aromatic N) is 3. The monoisotopic (exact) mass is 451 g/mol. The number of amides is 1. The summed E-state index contributed by atoms with van der Waals surface area (Å²) in [5.74, 6) is 2.08. The molecular formula is C27H37N3O3. The molecule has 2 aliphatic rings. The molecule has 4 rings (SSSR count). The molecule has 2 aromatic rings. The average molecular weight is 452 g/mol. The molecule has 1 saturated carbocycles. The largest absolute Gasteiger partial charge is 0.495 e. The first-order valence-corrected chi connectivity index (χ1v) is 12.3. The van der Waals surface area contributed by atoms with Gasteiger partial charge >= 0.3 is 0 Å². The molecule has 6 nitrogen and oxygen atoms in total. The molecule has 1 saturated heterocycles. The fourth-order valence-corrected chi connectivity index (χ4v) is 5.12. The summed E-state index contributed by atoms with van der Waals surface area (Å²) in [6, 6.07) is 16.1. The third-order valence-electron chi connectivity index (χ3n) is 7.03. The number of ether oxygens (including phenoxy) is 2. The standard InChI is InChI=1S/C27H37N3O3/c1-32-25-14-8-6-12-23(25)29-19-16-28(17-20-29)18-21-30(24-13-7-9-15-26(24)33-2)27(31)22-10-4-3-5-11-22/h6-9,12-15,22H,3-5,10-11,16-21H2,1-2H3. The smallest absolute Gasteiger partial charge is 0.230 e. The maximum absolute atomic E-state index is 13.6. The first-order chi connectivity index (χ1) is 16.2. The van der Waals surface area contributed by atoms with Gasteiger partial charge in [-0.2, -0.15) is 0 Å². The van der Waals surface area contributed by atoms with Crippen LogP contribution in [0.25, 0.3) is 0 Å². The second-order valence-corrected chi connectivity index (χ2v) is 9.00. The van der Waals surface area contributed by atoms with Crippen molar-refractivity contribution >= 4 is 17.3 Å². The lowest BCUT2D eigenvalue weighted by atomic mass is 9.88. The van der Waals surface area contributed by atoms with Gasteiger partial charge in [-0.25, -0.2) is 0 Å². The molecule has 0 unspecified atom stereocenters. The number of benzene rings is 2. The van der Waals surface area contributed by atoms with E-state index in [-0.39, 0.29) is 11.8 Å². The Labute approximate surface area is 198 Å². The maximum Gasteiger partial charge on any atom is 0.230 e. The summed E-state index contributed by atoms with van der Waals surface area (Å²) in [6.45, 7) is 5.38. The zero-order chi connectivity index (χ0) is 23.0. The minimum Gasteiger partial charge on any atom is -0.495 e. The molecule has 2 fully saturated rings. The molecule has 0 aromatic heterocycles. The fourth-order valence-electron chi connectivity index (χ4n) is 5.12. The lowest BCUT2D eigenvalue weighted by molar-refractivity contribution is -0.123. The van der Waals surface area contributed by atoms with Crippen LogP contribution in [-0.4, -0.2) is 64.3 Å². The van der Waals surface area contributed by atoms with Crippen molar-refractivity contribution in [3.8, 4) is 11.5 Å². The van der Waals surface area contributed by atoms with E-state index >= 15 is 0 Å². The second-order valence-electron chi connectivity index (χ2n) is 9.00. The Balaban J connectivity index is 1.41. The van der Waals surface area contributed by atoms with Gasteiger partial charge in [-0.3, -0.25) is 9.69 Å². The Bertz CT molecular complexity index is 905. The number of anilines is 2. The van der Waals surface area contributed by atoms with E-state index in [1.54, 1.807) is 14.2 Å². The molecule has 0 radical (unpaired) electrons. The van der Waals surface area contributed by atoms with Crippen molar-refractivity contribution in [3.63, 3.8) is 0 Å². The molecule has 0 spiro atoms. The van der Waals surface area contributed by atoms with Crippen LogP contribution in [0.3, 0.4) is 0 Å². The van der Waals surface area contributed by atoms with E-state index in [0.29, 0.717) is 6.54 Å². The Hall–Kier alpha value is -2.73. The van der Waals surface area contributed by atoms with Gasteiger partial charge in [0.15, 0.2) is 0 Å². The van der Waals surface area contributed by atoms with Crippen LogP contribution in [-0.2, 0) is 4.79 Å². The van der Waals surface area contributed by atoms with Crippen molar-refractivity contribution in [2.24, 2.45) is 5.92 Å². The maximum atomic E-state index is 13.6. The highest BCUT2D eigenvalue weighted by molar-refractivity contribution is 5.96. The molecule has 6 heteroatoms. The summed E-state index contributed by atoms with van der Waals surface area (Å²) < 4.78 is 11.2. The van der Waals surface area contributed by atoms with Crippen molar-refractivity contribution in [1.82, 2.24) is 4.90 Å². The number of hydrogen-bond donors (Lipinski definition) is 0. The quantitative estimate of drug-likeness (QED) is 0.594. The van der Waals surface area contributed by atoms with Crippen LogP contribution < -0.4 is 19.3 Å². The normalized spacial score (nSPS) is 17.6. The molecule has 1 aliphatic carbocycles. The predicted molar refractivity (Wildman–Crippen MR) is 134 cm³/mol. The summed E-state index contributed by atoms with van der Waals surface area (Å²) in [5.41, 5.74) is 2.05. The van der Waals surface area contributed by atoms with Gasteiger partial charge in [-0.15, -0.1) is 0 Å². The van der Waals surface area contributed by atoms with Gasteiger partial charge in [0, 0.05) is 45.2 Å². The lowest BCUT2D eigenvalue weighted by Crippen LogP contribution is -2.49. The van der Waals surface area contributed by atoms with Crippen LogP contribution in [0, 0.1) is 5.92 Å². The summed E-state index contributed by atoms with van der Waals surface area (Å²) in [4.78, 5) is 20.4. The highest BCUT2D eigenvalue weighted by atomic mass is 16.5. The minimum absolute atomic E-state index is 0.131. The summed E-state index contributed by atoms with van der Waals surface area (Å²) in [5, 5.41) is 0. The summed E-state index contributed by atoms with van der Waals surface area (Å²) in [6.07, 6.45) is 5.56. The van der Waals surface area contributed by atoms with E-state index < -0.39 is 0 Å². The molecule has 1 heterocycles. The molecule has 33 heavy (non-hydrogen) atoms. The summed E-state index contributed by atoms with van der Waals surface area (Å²) >= 11 is 0. The molecule has 0 N–H and O–H groups in total. The highest BCUT2D eigenvalue weighted by Crippen LogP contribution is 2.33. The van der Waals surface area contributed by atoms with Gasteiger partial charge in [0.1, 0.15) is 11.5 Å². The van der Waals surface area contributed by atoms with Gasteiger partial charge in [0.25, 0.3) is 0 Å². The Morgan fingerprint density at radius 1 is 0.879 bits per heavy atom. The van der Waals surface area contributed by atoms with Gasteiger partial charge in [0.05, 0.1) is 25.6 Å². The van der Waals surface area contributed by atoms with Crippen LogP contribution in [0.1, 0.15) is 32.1 Å². The van der Waals surface area contributed by atoms with Gasteiger partial charge < -0.3 is 19.3 Å². The molecular weight excluding hydrogens is 414 g/mol. The van der Waals surface area contributed by atoms with Crippen molar-refractivity contribution in [1.29, 1.82) is 0 Å². The van der Waals surface area contributed by atoms with E-state index in [1.165, 1.54) is 6.42 Å². The summed E-state index contributed by atoms with van der Waals surface area (Å²) in [7, 11) is 3.41. The fraction of sp³-hybridized carbons (Fsp3) is 0.519. The van der Waals surface area contributed by atoms with Crippen molar-refractivity contribution in [3.05, 3.63) is 48.5 Å². The number of piperazine rings is 1. The van der Waals surface area contributed by atoms with Gasteiger partial charge in [-0.1, -0.05) is 43.5 Å². The minimum atomic E-state index is 0.131. The van der Waals surface area contributed by atoms with E-state index in [1.807, 2.05) is 41.3 Å². The molecule has 2 aromatic carbocycles. The molecule has 178 valence electrons. The molecule has 0 bridgehead atoms. The van der Waals surface area contributed by atoms with E-state index in [0.717, 1.165) is 81.3 Å².